The minimum Gasteiger partial charge on any atom is -0.361 e. The molecule has 0 amide bonds. The molecule has 4 heteroatoms. The Labute approximate surface area is 93.3 Å². The Kier molecular flexibility index (Phi) is 3.31. The largest absolute Gasteiger partial charge is 0.361 e. The fourth-order valence-corrected chi connectivity index (χ4v) is 1.47. The molecule has 0 atom stereocenters. The lowest BCUT2D eigenvalue weighted by molar-refractivity contribution is 0.388. The van der Waals surface area contributed by atoms with Crippen molar-refractivity contribution in [2.75, 3.05) is 0 Å². The second kappa shape index (κ2) is 4.90. The third kappa shape index (κ3) is 2.67. The van der Waals surface area contributed by atoms with Crippen LogP contribution < -0.4 is 5.32 Å². The molecule has 0 spiro atoms. The van der Waals surface area contributed by atoms with Crippen molar-refractivity contribution in [2.24, 2.45) is 0 Å². The topological polar surface area (TPSA) is 38.1 Å². The summed E-state index contributed by atoms with van der Waals surface area (Å²) in [7, 11) is 0. The standard InChI is InChI=1S/C12H13FN2O/c1-9-6-11(15-16-9)8-14-7-10-4-2-3-5-12(10)13/h2-6,14H,7-8H2,1H3. The van der Waals surface area contributed by atoms with Gasteiger partial charge in [-0.25, -0.2) is 4.39 Å². The van der Waals surface area contributed by atoms with Crippen LogP contribution in [0.1, 0.15) is 17.0 Å². The molecule has 0 aliphatic carbocycles. The van der Waals surface area contributed by atoms with Gasteiger partial charge in [-0.05, 0) is 13.0 Å². The summed E-state index contributed by atoms with van der Waals surface area (Å²) in [6, 6.07) is 8.57. The molecule has 1 heterocycles. The molecule has 0 radical (unpaired) electrons. The number of nitrogens with one attached hydrogen (secondary N) is 1. The molecule has 3 nitrogen and oxygen atoms in total. The van der Waals surface area contributed by atoms with E-state index in [1.807, 2.05) is 19.1 Å². The van der Waals surface area contributed by atoms with Crippen LogP contribution in [0.25, 0.3) is 0 Å². The maximum absolute atomic E-state index is 13.2. The van der Waals surface area contributed by atoms with Crippen molar-refractivity contribution in [3.63, 3.8) is 0 Å². The zero-order valence-electron chi connectivity index (χ0n) is 9.03. The highest BCUT2D eigenvalue weighted by Crippen LogP contribution is 2.06. The van der Waals surface area contributed by atoms with Crippen molar-refractivity contribution in [1.82, 2.24) is 10.5 Å². The molecule has 1 aromatic heterocycles. The SMILES string of the molecule is Cc1cc(CNCc2ccccc2F)no1. The number of halogens is 1. The molecule has 84 valence electrons. The van der Waals surface area contributed by atoms with Crippen LogP contribution in [-0.4, -0.2) is 5.16 Å². The Bertz CT molecular complexity index is 468. The third-order valence-corrected chi connectivity index (χ3v) is 2.26. The molecular formula is C12H13FN2O. The molecule has 1 N–H and O–H groups in total. The van der Waals surface area contributed by atoms with Crippen molar-refractivity contribution in [3.8, 4) is 0 Å². The molecule has 0 fully saturated rings. The number of hydrogen-bond acceptors (Lipinski definition) is 3. The Morgan fingerprint density at radius 1 is 1.31 bits per heavy atom. The van der Waals surface area contributed by atoms with Gasteiger partial charge in [0.15, 0.2) is 0 Å². The lowest BCUT2D eigenvalue weighted by Crippen LogP contribution is -2.13. The highest BCUT2D eigenvalue weighted by atomic mass is 19.1. The molecule has 0 unspecified atom stereocenters. The van der Waals surface area contributed by atoms with Gasteiger partial charge in [-0.1, -0.05) is 23.4 Å². The van der Waals surface area contributed by atoms with Gasteiger partial charge in [-0.2, -0.15) is 0 Å². The predicted molar refractivity (Wildman–Crippen MR) is 58.2 cm³/mol. The number of rotatable bonds is 4. The van der Waals surface area contributed by atoms with Crippen LogP contribution in [0, 0.1) is 12.7 Å². The second-order valence-corrected chi connectivity index (χ2v) is 3.62. The van der Waals surface area contributed by atoms with Gasteiger partial charge >= 0.3 is 0 Å². The summed E-state index contributed by atoms with van der Waals surface area (Å²) < 4.78 is 18.2. The van der Waals surface area contributed by atoms with Crippen molar-refractivity contribution in [3.05, 3.63) is 53.2 Å². The zero-order valence-corrected chi connectivity index (χ0v) is 9.03. The lowest BCUT2D eigenvalue weighted by atomic mass is 10.2. The van der Waals surface area contributed by atoms with E-state index in [0.717, 1.165) is 11.5 Å². The fraction of sp³-hybridized carbons (Fsp3) is 0.250. The normalized spacial score (nSPS) is 10.6. The number of hydrogen-bond donors (Lipinski definition) is 1. The second-order valence-electron chi connectivity index (χ2n) is 3.62. The molecule has 2 aromatic rings. The molecule has 0 saturated heterocycles. The zero-order chi connectivity index (χ0) is 11.4. The molecule has 2 rings (SSSR count). The van der Waals surface area contributed by atoms with Gasteiger partial charge in [0.2, 0.25) is 0 Å². The van der Waals surface area contributed by atoms with Gasteiger partial charge in [0.1, 0.15) is 11.6 Å². The molecular weight excluding hydrogens is 207 g/mol. The summed E-state index contributed by atoms with van der Waals surface area (Å²) in [6.45, 7) is 2.90. The number of aromatic nitrogens is 1. The fourth-order valence-electron chi connectivity index (χ4n) is 1.47. The van der Waals surface area contributed by atoms with Crippen molar-refractivity contribution in [2.45, 2.75) is 20.0 Å². The van der Waals surface area contributed by atoms with Gasteiger partial charge in [0.25, 0.3) is 0 Å². The molecule has 0 saturated carbocycles. The van der Waals surface area contributed by atoms with E-state index in [1.165, 1.54) is 6.07 Å². The summed E-state index contributed by atoms with van der Waals surface area (Å²) in [4.78, 5) is 0. The van der Waals surface area contributed by atoms with Crippen molar-refractivity contribution in [1.29, 1.82) is 0 Å². The van der Waals surface area contributed by atoms with Gasteiger partial charge < -0.3 is 9.84 Å². The van der Waals surface area contributed by atoms with Gasteiger partial charge in [0, 0.05) is 24.7 Å². The van der Waals surface area contributed by atoms with Crippen LogP contribution in [0.3, 0.4) is 0 Å². The van der Waals surface area contributed by atoms with E-state index in [9.17, 15) is 4.39 Å². The molecule has 0 bridgehead atoms. The van der Waals surface area contributed by atoms with E-state index in [2.05, 4.69) is 10.5 Å². The molecule has 0 aliphatic rings. The Morgan fingerprint density at radius 3 is 2.81 bits per heavy atom. The summed E-state index contributed by atoms with van der Waals surface area (Å²) in [5, 5.41) is 6.95. The number of nitrogens with zero attached hydrogens (tertiary/aromatic N) is 1. The van der Waals surface area contributed by atoms with Crippen molar-refractivity contribution >= 4 is 0 Å². The first-order valence-corrected chi connectivity index (χ1v) is 5.12. The lowest BCUT2D eigenvalue weighted by Gasteiger charge is -2.03. The quantitative estimate of drug-likeness (QED) is 0.859. The summed E-state index contributed by atoms with van der Waals surface area (Å²) in [5.41, 5.74) is 1.48. The van der Waals surface area contributed by atoms with Crippen LogP contribution in [0.5, 0.6) is 0 Å². The van der Waals surface area contributed by atoms with Gasteiger partial charge in [-0.15, -0.1) is 0 Å². The van der Waals surface area contributed by atoms with E-state index >= 15 is 0 Å². The predicted octanol–water partition coefficient (Wildman–Crippen LogP) is 2.41. The van der Waals surface area contributed by atoms with Gasteiger partial charge in [-0.3, -0.25) is 0 Å². The summed E-state index contributed by atoms with van der Waals surface area (Å²) in [6.07, 6.45) is 0. The number of aryl methyl sites for hydroxylation is 1. The Balaban J connectivity index is 1.87. The van der Waals surface area contributed by atoms with E-state index in [-0.39, 0.29) is 5.82 Å². The van der Waals surface area contributed by atoms with E-state index in [4.69, 9.17) is 4.52 Å². The van der Waals surface area contributed by atoms with Crippen LogP contribution in [0.2, 0.25) is 0 Å². The van der Waals surface area contributed by atoms with Crippen LogP contribution in [0.15, 0.2) is 34.9 Å². The first-order valence-electron chi connectivity index (χ1n) is 5.12. The first-order chi connectivity index (χ1) is 7.75. The Morgan fingerprint density at radius 2 is 2.12 bits per heavy atom. The smallest absolute Gasteiger partial charge is 0.133 e. The number of benzene rings is 1. The minimum atomic E-state index is -0.189. The average molecular weight is 220 g/mol. The molecule has 1 aromatic carbocycles. The van der Waals surface area contributed by atoms with Crippen molar-refractivity contribution < 1.29 is 8.91 Å². The average Bonchev–Trinajstić information content (AvgIpc) is 2.67. The Hall–Kier alpha value is -1.68. The minimum absolute atomic E-state index is 0.189. The van der Waals surface area contributed by atoms with Crippen LogP contribution >= 0.6 is 0 Å². The highest BCUT2D eigenvalue weighted by Gasteiger charge is 2.02. The molecule has 16 heavy (non-hydrogen) atoms. The van der Waals surface area contributed by atoms with Gasteiger partial charge in [0.05, 0.1) is 5.69 Å². The van der Waals surface area contributed by atoms with E-state index in [1.54, 1.807) is 12.1 Å². The monoisotopic (exact) mass is 220 g/mol. The third-order valence-electron chi connectivity index (χ3n) is 2.26. The highest BCUT2D eigenvalue weighted by molar-refractivity contribution is 5.17. The van der Waals surface area contributed by atoms with E-state index in [0.29, 0.717) is 18.7 Å². The van der Waals surface area contributed by atoms with Crippen LogP contribution in [0.4, 0.5) is 4.39 Å². The summed E-state index contributed by atoms with van der Waals surface area (Å²) in [5.74, 6) is 0.592. The maximum atomic E-state index is 13.2. The van der Waals surface area contributed by atoms with E-state index < -0.39 is 0 Å². The molecule has 0 aliphatic heterocycles. The first kappa shape index (κ1) is 10.8. The van der Waals surface area contributed by atoms with Crippen LogP contribution in [-0.2, 0) is 13.1 Å². The maximum Gasteiger partial charge on any atom is 0.133 e. The summed E-state index contributed by atoms with van der Waals surface area (Å²) >= 11 is 0.